The summed E-state index contributed by atoms with van der Waals surface area (Å²) in [6.07, 6.45) is 4.18. The third kappa shape index (κ3) is 7.04. The molecule has 0 spiro atoms. The number of fused-ring (bicyclic) bond motifs is 1. The number of aryl methyl sites for hydroxylation is 1. The van der Waals surface area contributed by atoms with Gasteiger partial charge in [-0.1, -0.05) is 42.8 Å². The maximum atomic E-state index is 9.40. The van der Waals surface area contributed by atoms with Crippen LogP contribution in [0.4, 0.5) is 11.4 Å². The number of hydrogen-bond acceptors (Lipinski definition) is 6. The quantitative estimate of drug-likeness (QED) is 0.548. The van der Waals surface area contributed by atoms with Crippen molar-refractivity contribution >= 4 is 29.1 Å². The van der Waals surface area contributed by atoms with Gasteiger partial charge in [-0.15, -0.1) is 0 Å². The van der Waals surface area contributed by atoms with Crippen molar-refractivity contribution in [1.82, 2.24) is 9.88 Å². The predicted octanol–water partition coefficient (Wildman–Crippen LogP) is 4.48. The number of pyridine rings is 1. The van der Waals surface area contributed by atoms with Crippen molar-refractivity contribution in [1.29, 1.82) is 0 Å². The van der Waals surface area contributed by atoms with Gasteiger partial charge < -0.3 is 25.4 Å². The molecule has 0 bridgehead atoms. The number of rotatable bonds is 5. The first kappa shape index (κ1) is 25.3. The first-order chi connectivity index (χ1) is 15.6. The molecule has 3 aromatic rings. The number of anilines is 2. The molecule has 32 heavy (non-hydrogen) atoms. The molecule has 2 heterocycles. The fraction of sp³-hybridized carbons (Fsp3) is 0.385. The van der Waals surface area contributed by atoms with E-state index in [4.69, 9.17) is 4.79 Å². The van der Waals surface area contributed by atoms with Crippen LogP contribution in [0.3, 0.4) is 0 Å². The Kier molecular flexibility index (Phi) is 10.6. The van der Waals surface area contributed by atoms with E-state index in [0.29, 0.717) is 6.04 Å². The van der Waals surface area contributed by atoms with Crippen molar-refractivity contribution in [2.75, 3.05) is 37.3 Å². The molecule has 0 amide bonds. The molecule has 3 N–H and O–H groups in total. The summed E-state index contributed by atoms with van der Waals surface area (Å²) in [4.78, 5) is 14.8. The number of carbonyl (C=O) groups excluding carboxylic acids is 1. The fourth-order valence-electron chi connectivity index (χ4n) is 3.91. The van der Waals surface area contributed by atoms with Crippen molar-refractivity contribution < 1.29 is 9.90 Å². The van der Waals surface area contributed by atoms with Crippen LogP contribution in [0.15, 0.2) is 54.7 Å². The van der Waals surface area contributed by atoms with E-state index in [9.17, 15) is 5.11 Å². The van der Waals surface area contributed by atoms with Crippen LogP contribution >= 0.6 is 0 Å². The summed E-state index contributed by atoms with van der Waals surface area (Å²) in [7, 11) is 1.91. The first-order valence-corrected chi connectivity index (χ1v) is 11.1. The van der Waals surface area contributed by atoms with Gasteiger partial charge in [0.25, 0.3) is 0 Å². The van der Waals surface area contributed by atoms with E-state index < -0.39 is 0 Å². The Morgan fingerprint density at radius 1 is 1.09 bits per heavy atom. The van der Waals surface area contributed by atoms with Gasteiger partial charge in [0.05, 0.1) is 17.8 Å². The predicted molar refractivity (Wildman–Crippen MR) is 134 cm³/mol. The number of piperidine rings is 1. The number of benzene rings is 2. The molecule has 1 aliphatic rings. The average molecular weight is 437 g/mol. The van der Waals surface area contributed by atoms with Gasteiger partial charge in [0.15, 0.2) is 0 Å². The Hall–Kier alpha value is -2.96. The van der Waals surface area contributed by atoms with Crippen molar-refractivity contribution in [3.8, 4) is 0 Å². The summed E-state index contributed by atoms with van der Waals surface area (Å²) in [5.41, 5.74) is 5.41. The minimum absolute atomic E-state index is 0.109. The molecule has 2 aromatic carbocycles. The van der Waals surface area contributed by atoms with Gasteiger partial charge in [-0.2, -0.15) is 0 Å². The van der Waals surface area contributed by atoms with Crippen LogP contribution in [0, 0.1) is 6.92 Å². The van der Waals surface area contributed by atoms with Crippen molar-refractivity contribution in [2.24, 2.45) is 0 Å². The van der Waals surface area contributed by atoms with E-state index in [1.807, 2.05) is 38.2 Å². The average Bonchev–Trinajstić information content (AvgIpc) is 2.86. The summed E-state index contributed by atoms with van der Waals surface area (Å²) >= 11 is 0. The second-order valence-corrected chi connectivity index (χ2v) is 7.80. The van der Waals surface area contributed by atoms with Gasteiger partial charge in [-0.3, -0.25) is 4.98 Å². The monoisotopic (exact) mass is 436 g/mol. The highest BCUT2D eigenvalue weighted by molar-refractivity contribution is 5.89. The Balaban J connectivity index is 0.000000224. The lowest BCUT2D eigenvalue weighted by Gasteiger charge is -2.32. The Morgan fingerprint density at radius 3 is 2.47 bits per heavy atom. The van der Waals surface area contributed by atoms with Gasteiger partial charge in [0.1, 0.15) is 6.79 Å². The molecule has 1 saturated heterocycles. The lowest BCUT2D eigenvalue weighted by Crippen LogP contribution is -2.39. The molecule has 1 aliphatic heterocycles. The molecule has 0 atom stereocenters. The molecule has 172 valence electrons. The summed E-state index contributed by atoms with van der Waals surface area (Å²) in [5, 5.41) is 17.3. The normalized spacial score (nSPS) is 14.0. The Bertz CT molecular complexity index is 950. The van der Waals surface area contributed by atoms with E-state index in [1.54, 1.807) is 0 Å². The number of hydrogen-bond donors (Lipinski definition) is 3. The van der Waals surface area contributed by atoms with Crippen LogP contribution in [0.1, 0.15) is 30.9 Å². The fourth-order valence-corrected chi connectivity index (χ4v) is 3.91. The van der Waals surface area contributed by atoms with Gasteiger partial charge in [0.2, 0.25) is 0 Å². The molecule has 6 nitrogen and oxygen atoms in total. The summed E-state index contributed by atoms with van der Waals surface area (Å²) in [5.74, 6) is 0. The topological polar surface area (TPSA) is 77.5 Å². The number of aliphatic hydroxyl groups excluding tert-OH is 1. The van der Waals surface area contributed by atoms with Crippen molar-refractivity contribution in [2.45, 2.75) is 39.3 Å². The lowest BCUT2D eigenvalue weighted by atomic mass is 10.0. The highest BCUT2D eigenvalue weighted by atomic mass is 16.3. The molecule has 0 aliphatic carbocycles. The molecule has 6 heteroatoms. The third-order valence-electron chi connectivity index (χ3n) is 5.73. The maximum Gasteiger partial charge on any atom is 0.106 e. The van der Waals surface area contributed by atoms with Crippen LogP contribution in [0.5, 0.6) is 0 Å². The zero-order valence-electron chi connectivity index (χ0n) is 19.5. The highest BCUT2D eigenvalue weighted by Gasteiger charge is 2.18. The largest absolute Gasteiger partial charge is 0.392 e. The molecule has 1 fully saturated rings. The number of nitrogens with zero attached hydrogens (tertiary/aromatic N) is 2. The number of nitrogens with one attached hydrogen (secondary N) is 2. The first-order valence-electron chi connectivity index (χ1n) is 11.1. The Morgan fingerprint density at radius 2 is 1.81 bits per heavy atom. The summed E-state index contributed by atoms with van der Waals surface area (Å²) in [6, 6.07) is 16.9. The minimum Gasteiger partial charge on any atom is -0.392 e. The van der Waals surface area contributed by atoms with E-state index in [0.717, 1.165) is 29.0 Å². The maximum absolute atomic E-state index is 9.40. The van der Waals surface area contributed by atoms with E-state index in [-0.39, 0.29) is 6.61 Å². The minimum atomic E-state index is 0.109. The van der Waals surface area contributed by atoms with Crippen molar-refractivity contribution in [3.05, 3.63) is 65.9 Å². The van der Waals surface area contributed by atoms with Gasteiger partial charge in [0, 0.05) is 49.0 Å². The number of carbonyl (C=O) groups is 1. The number of aromatic nitrogens is 1. The molecule has 0 radical (unpaired) electrons. The van der Waals surface area contributed by atoms with Crippen LogP contribution in [-0.2, 0) is 11.4 Å². The van der Waals surface area contributed by atoms with E-state index in [1.165, 1.54) is 36.9 Å². The van der Waals surface area contributed by atoms with E-state index in [2.05, 4.69) is 64.7 Å². The van der Waals surface area contributed by atoms with Gasteiger partial charge >= 0.3 is 0 Å². The van der Waals surface area contributed by atoms with Gasteiger partial charge in [-0.25, -0.2) is 0 Å². The number of aliphatic hydroxyl groups is 1. The zero-order chi connectivity index (χ0) is 23.3. The summed E-state index contributed by atoms with van der Waals surface area (Å²) < 4.78 is 0. The van der Waals surface area contributed by atoms with Crippen LogP contribution < -0.4 is 10.6 Å². The number of likely N-dealkylation sites (tertiary alicyclic amines) is 1. The Labute approximate surface area is 191 Å². The standard InChI is InChI=1S/C15H24N2O.C10H10N2.CH2O/c1-3-17-8-6-14(7-9-17)16-15-5-4-12(2)10-13(15)11-18;1-11-9-6-2-4-8-5-3-7-12-10(8)9;1-2/h4-5,10,14,16,18H,3,6-9,11H2,1-2H3;2-7,11H,1H3;1H2. The molecule has 0 unspecified atom stereocenters. The zero-order valence-corrected chi connectivity index (χ0v) is 19.5. The van der Waals surface area contributed by atoms with Crippen LogP contribution in [-0.4, -0.2) is 54.5 Å². The molecular formula is C26H36N4O2. The smallest absolute Gasteiger partial charge is 0.106 e. The van der Waals surface area contributed by atoms with Crippen LogP contribution in [0.2, 0.25) is 0 Å². The molecular weight excluding hydrogens is 400 g/mol. The second-order valence-electron chi connectivity index (χ2n) is 7.80. The van der Waals surface area contributed by atoms with Gasteiger partial charge in [-0.05, 0) is 44.5 Å². The molecule has 0 saturated carbocycles. The number of para-hydroxylation sites is 1. The van der Waals surface area contributed by atoms with E-state index >= 15 is 0 Å². The third-order valence-corrected chi connectivity index (χ3v) is 5.73. The van der Waals surface area contributed by atoms with Crippen molar-refractivity contribution in [3.63, 3.8) is 0 Å². The summed E-state index contributed by atoms with van der Waals surface area (Å²) in [6.45, 7) is 9.89. The van der Waals surface area contributed by atoms with Crippen LogP contribution in [0.25, 0.3) is 10.9 Å². The highest BCUT2D eigenvalue weighted by Crippen LogP contribution is 2.22. The second kappa shape index (κ2) is 13.5. The molecule has 1 aromatic heterocycles. The lowest BCUT2D eigenvalue weighted by molar-refractivity contribution is -0.0979. The SMILES string of the molecule is C=O.CCN1CCC(Nc2ccc(C)cc2CO)CC1.CNc1cccc2cccnc12. The molecule has 4 rings (SSSR count).